The van der Waals surface area contributed by atoms with Crippen molar-refractivity contribution in [3.05, 3.63) is 64.3 Å². The molecular weight excluding hydrogens is 346 g/mol. The van der Waals surface area contributed by atoms with Crippen LogP contribution in [0.2, 0.25) is 5.02 Å². The number of rotatable bonds is 3. The molecule has 0 aliphatic rings. The van der Waals surface area contributed by atoms with Crippen molar-refractivity contribution < 1.29 is 9.90 Å². The summed E-state index contributed by atoms with van der Waals surface area (Å²) in [7, 11) is 0. The van der Waals surface area contributed by atoms with Gasteiger partial charge in [0, 0.05) is 33.7 Å². The first-order valence-electron chi connectivity index (χ1n) is 7.02. The first-order chi connectivity index (χ1) is 11.6. The second kappa shape index (κ2) is 5.74. The molecule has 0 atom stereocenters. The predicted octanol–water partition coefficient (Wildman–Crippen LogP) is 4.50. The number of carboxylic acid groups (broad SMARTS) is 1. The van der Waals surface area contributed by atoms with Gasteiger partial charge in [0.05, 0.1) is 23.2 Å². The molecule has 0 amide bonds. The van der Waals surface area contributed by atoms with Gasteiger partial charge in [0.1, 0.15) is 4.88 Å². The second-order valence-electron chi connectivity index (χ2n) is 5.16. The summed E-state index contributed by atoms with van der Waals surface area (Å²) in [5, 5.41) is 12.4. The van der Waals surface area contributed by atoms with Crippen molar-refractivity contribution in [3.63, 3.8) is 0 Å². The highest BCUT2D eigenvalue weighted by molar-refractivity contribution is 7.12. The number of imidazole rings is 1. The Morgan fingerprint density at radius 1 is 1.25 bits per heavy atom. The Morgan fingerprint density at radius 2 is 2.12 bits per heavy atom. The quantitative estimate of drug-likeness (QED) is 0.587. The molecule has 0 unspecified atom stereocenters. The molecule has 0 saturated carbocycles. The van der Waals surface area contributed by atoms with E-state index in [0.29, 0.717) is 10.7 Å². The highest BCUT2D eigenvalue weighted by atomic mass is 35.5. The number of pyridine rings is 1. The minimum absolute atomic E-state index is 0.280. The van der Waals surface area contributed by atoms with E-state index in [9.17, 15) is 4.79 Å². The van der Waals surface area contributed by atoms with Crippen molar-refractivity contribution in [2.24, 2.45) is 0 Å². The van der Waals surface area contributed by atoms with E-state index in [4.69, 9.17) is 16.7 Å². The van der Waals surface area contributed by atoms with E-state index in [1.165, 1.54) is 11.3 Å². The van der Waals surface area contributed by atoms with E-state index in [2.05, 4.69) is 9.97 Å². The molecule has 7 heteroatoms. The molecule has 118 valence electrons. The van der Waals surface area contributed by atoms with Crippen LogP contribution in [0.15, 0.2) is 54.4 Å². The highest BCUT2D eigenvalue weighted by Crippen LogP contribution is 2.31. The van der Waals surface area contributed by atoms with Crippen molar-refractivity contribution in [1.82, 2.24) is 14.5 Å². The topological polar surface area (TPSA) is 68.0 Å². The SMILES string of the molecule is O=C(O)c1cc(-c2cc(-n3ccnc3)c3ccc(Cl)cc3n2)cs1. The number of benzene rings is 1. The van der Waals surface area contributed by atoms with Crippen LogP contribution in [0.3, 0.4) is 0 Å². The van der Waals surface area contributed by atoms with Crippen LogP contribution in [0.5, 0.6) is 0 Å². The van der Waals surface area contributed by atoms with Crippen molar-refractivity contribution in [1.29, 1.82) is 0 Å². The number of nitrogens with zero attached hydrogens (tertiary/aromatic N) is 3. The number of fused-ring (bicyclic) bond motifs is 1. The molecular formula is C17H10ClN3O2S. The molecule has 3 aromatic heterocycles. The average Bonchev–Trinajstić information content (AvgIpc) is 3.25. The summed E-state index contributed by atoms with van der Waals surface area (Å²) in [6, 6.07) is 9.08. The maximum Gasteiger partial charge on any atom is 0.345 e. The zero-order valence-electron chi connectivity index (χ0n) is 12.2. The molecule has 4 rings (SSSR count). The molecule has 0 radical (unpaired) electrons. The first-order valence-corrected chi connectivity index (χ1v) is 8.28. The van der Waals surface area contributed by atoms with Gasteiger partial charge in [0.25, 0.3) is 0 Å². The van der Waals surface area contributed by atoms with Crippen molar-refractivity contribution in [2.75, 3.05) is 0 Å². The second-order valence-corrected chi connectivity index (χ2v) is 6.51. The summed E-state index contributed by atoms with van der Waals surface area (Å²) in [5.41, 5.74) is 3.11. The molecule has 0 fully saturated rings. The summed E-state index contributed by atoms with van der Waals surface area (Å²) >= 11 is 7.28. The first kappa shape index (κ1) is 14.9. The van der Waals surface area contributed by atoms with E-state index in [0.717, 1.165) is 22.2 Å². The fourth-order valence-electron chi connectivity index (χ4n) is 2.53. The minimum atomic E-state index is -0.940. The van der Waals surface area contributed by atoms with Crippen molar-refractivity contribution in [3.8, 4) is 16.9 Å². The summed E-state index contributed by atoms with van der Waals surface area (Å²) in [5.74, 6) is -0.940. The molecule has 1 N–H and O–H groups in total. The Labute approximate surface area is 145 Å². The fourth-order valence-corrected chi connectivity index (χ4v) is 3.43. The van der Waals surface area contributed by atoms with Crippen LogP contribution in [0.1, 0.15) is 9.67 Å². The van der Waals surface area contributed by atoms with Gasteiger partial charge < -0.3 is 9.67 Å². The summed E-state index contributed by atoms with van der Waals surface area (Å²) in [6.45, 7) is 0. The van der Waals surface area contributed by atoms with E-state index >= 15 is 0 Å². The zero-order valence-corrected chi connectivity index (χ0v) is 13.8. The summed E-state index contributed by atoms with van der Waals surface area (Å²) in [4.78, 5) is 20.1. The van der Waals surface area contributed by atoms with E-state index < -0.39 is 5.97 Å². The third-order valence-electron chi connectivity index (χ3n) is 3.64. The van der Waals surface area contributed by atoms with Gasteiger partial charge in [-0.1, -0.05) is 11.6 Å². The van der Waals surface area contributed by atoms with Gasteiger partial charge in [-0.25, -0.2) is 14.8 Å². The lowest BCUT2D eigenvalue weighted by Gasteiger charge is -2.10. The maximum absolute atomic E-state index is 11.1. The molecule has 4 aromatic rings. The van der Waals surface area contributed by atoms with Gasteiger partial charge in [-0.2, -0.15) is 0 Å². The smallest absolute Gasteiger partial charge is 0.345 e. The minimum Gasteiger partial charge on any atom is -0.477 e. The van der Waals surface area contributed by atoms with Crippen LogP contribution in [0.4, 0.5) is 0 Å². The number of thiophene rings is 1. The van der Waals surface area contributed by atoms with E-state index in [-0.39, 0.29) is 4.88 Å². The van der Waals surface area contributed by atoms with Crippen LogP contribution < -0.4 is 0 Å². The number of carboxylic acids is 1. The summed E-state index contributed by atoms with van der Waals surface area (Å²) in [6.07, 6.45) is 5.27. The van der Waals surface area contributed by atoms with Crippen LogP contribution in [-0.2, 0) is 0 Å². The molecule has 24 heavy (non-hydrogen) atoms. The summed E-state index contributed by atoms with van der Waals surface area (Å²) < 4.78 is 1.89. The van der Waals surface area contributed by atoms with Crippen molar-refractivity contribution >= 4 is 39.8 Å². The number of carbonyl (C=O) groups is 1. The Morgan fingerprint density at radius 3 is 2.83 bits per heavy atom. The lowest BCUT2D eigenvalue weighted by Crippen LogP contribution is -1.96. The molecule has 0 aliphatic carbocycles. The standard InChI is InChI=1S/C17H10ClN3O2S/c18-11-1-2-12-14(6-11)20-13(7-15(12)21-4-3-19-9-21)10-5-16(17(22)23)24-8-10/h1-9H,(H,22,23). The monoisotopic (exact) mass is 355 g/mol. The number of hydrogen-bond acceptors (Lipinski definition) is 4. The van der Waals surface area contributed by atoms with Crippen LogP contribution in [0.25, 0.3) is 27.8 Å². The Hall–Kier alpha value is -2.70. The Balaban J connectivity index is 1.97. The van der Waals surface area contributed by atoms with Gasteiger partial charge >= 0.3 is 5.97 Å². The number of aromatic nitrogens is 3. The van der Waals surface area contributed by atoms with Crippen LogP contribution in [0, 0.1) is 0 Å². The number of hydrogen-bond donors (Lipinski definition) is 1. The molecule has 0 bridgehead atoms. The normalized spacial score (nSPS) is 11.0. The largest absolute Gasteiger partial charge is 0.477 e. The number of halogens is 1. The molecule has 0 spiro atoms. The lowest BCUT2D eigenvalue weighted by molar-refractivity contribution is 0.0702. The van der Waals surface area contributed by atoms with E-state index in [1.54, 1.807) is 30.0 Å². The zero-order chi connectivity index (χ0) is 16.7. The molecule has 0 aliphatic heterocycles. The number of aromatic carboxylic acids is 1. The van der Waals surface area contributed by atoms with Gasteiger partial charge in [-0.05, 0) is 30.3 Å². The molecule has 0 saturated heterocycles. The molecule has 1 aromatic carbocycles. The molecule has 5 nitrogen and oxygen atoms in total. The fraction of sp³-hybridized carbons (Fsp3) is 0. The Kier molecular flexibility index (Phi) is 3.55. The lowest BCUT2D eigenvalue weighted by atomic mass is 10.1. The van der Waals surface area contributed by atoms with E-state index in [1.807, 2.05) is 29.0 Å². The van der Waals surface area contributed by atoms with Gasteiger partial charge in [0.15, 0.2) is 0 Å². The van der Waals surface area contributed by atoms with Gasteiger partial charge in [0.2, 0.25) is 0 Å². The Bertz CT molecular complexity index is 1060. The van der Waals surface area contributed by atoms with Crippen LogP contribution in [-0.4, -0.2) is 25.6 Å². The third kappa shape index (κ3) is 2.55. The maximum atomic E-state index is 11.1. The van der Waals surface area contributed by atoms with Crippen molar-refractivity contribution in [2.45, 2.75) is 0 Å². The van der Waals surface area contributed by atoms with Crippen LogP contribution >= 0.6 is 22.9 Å². The highest BCUT2D eigenvalue weighted by Gasteiger charge is 2.13. The molecule has 3 heterocycles. The average molecular weight is 356 g/mol. The third-order valence-corrected chi connectivity index (χ3v) is 4.79. The van der Waals surface area contributed by atoms with Gasteiger partial charge in [-0.15, -0.1) is 11.3 Å². The van der Waals surface area contributed by atoms with Gasteiger partial charge in [-0.3, -0.25) is 0 Å². The predicted molar refractivity (Wildman–Crippen MR) is 94.1 cm³/mol.